The normalized spacial score (nSPS) is 11.3. The fourth-order valence-corrected chi connectivity index (χ4v) is 1.22. The van der Waals surface area contributed by atoms with Crippen LogP contribution in [0.3, 0.4) is 0 Å². The number of likely N-dealkylation sites (N-methyl/N-ethyl adjacent to an activating group) is 1. The Labute approximate surface area is 89.5 Å². The second-order valence-corrected chi connectivity index (χ2v) is 4.07. The van der Waals surface area contributed by atoms with Crippen molar-refractivity contribution in [2.24, 2.45) is 5.92 Å². The molecular formula is C10H17N3O2. The fraction of sp³-hybridized carbons (Fsp3) is 0.700. The van der Waals surface area contributed by atoms with E-state index >= 15 is 0 Å². The Morgan fingerprint density at radius 3 is 2.87 bits per heavy atom. The van der Waals surface area contributed by atoms with Gasteiger partial charge in [0.2, 0.25) is 5.89 Å². The van der Waals surface area contributed by atoms with Crippen LogP contribution in [0.5, 0.6) is 0 Å². The van der Waals surface area contributed by atoms with Gasteiger partial charge in [-0.25, -0.2) is 0 Å². The van der Waals surface area contributed by atoms with E-state index in [0.29, 0.717) is 30.7 Å². The maximum atomic E-state index is 10.3. The van der Waals surface area contributed by atoms with Gasteiger partial charge < -0.3 is 9.32 Å². The lowest BCUT2D eigenvalue weighted by Gasteiger charge is -2.08. The number of hydrogen-bond donors (Lipinski definition) is 0. The molecule has 0 fully saturated rings. The number of carbonyl (C=O) groups excluding carboxylic acids is 1. The molecule has 0 N–H and O–H groups in total. The van der Waals surface area contributed by atoms with E-state index in [-0.39, 0.29) is 0 Å². The summed E-state index contributed by atoms with van der Waals surface area (Å²) in [5.41, 5.74) is 0. The molecule has 0 aliphatic heterocycles. The Balaban J connectivity index is 2.48. The lowest BCUT2D eigenvalue weighted by Crippen LogP contribution is -2.20. The molecule has 0 unspecified atom stereocenters. The third-order valence-electron chi connectivity index (χ3n) is 1.89. The van der Waals surface area contributed by atoms with Crippen LogP contribution >= 0.6 is 0 Å². The van der Waals surface area contributed by atoms with Crippen LogP contribution in [-0.4, -0.2) is 34.9 Å². The van der Waals surface area contributed by atoms with Gasteiger partial charge in [-0.15, -0.1) is 0 Å². The van der Waals surface area contributed by atoms with Crippen LogP contribution in [0.15, 0.2) is 4.52 Å². The van der Waals surface area contributed by atoms with E-state index in [9.17, 15) is 4.79 Å². The minimum Gasteiger partial charge on any atom is -0.339 e. The van der Waals surface area contributed by atoms with Gasteiger partial charge in [0, 0.05) is 6.42 Å². The van der Waals surface area contributed by atoms with Gasteiger partial charge in [0.15, 0.2) is 5.82 Å². The Morgan fingerprint density at radius 2 is 2.27 bits per heavy atom. The zero-order chi connectivity index (χ0) is 11.3. The maximum absolute atomic E-state index is 10.3. The second-order valence-electron chi connectivity index (χ2n) is 4.07. The number of aldehydes is 1. The number of aromatic nitrogens is 2. The Bertz CT molecular complexity index is 309. The van der Waals surface area contributed by atoms with Crippen LogP contribution in [0.1, 0.15) is 25.6 Å². The molecule has 0 aromatic carbocycles. The SMILES string of the molecule is CC(C)Cc1nc(CN(C)CC=O)no1. The predicted octanol–water partition coefficient (Wildman–Crippen LogP) is 0.899. The van der Waals surface area contributed by atoms with Crippen LogP contribution in [0.4, 0.5) is 0 Å². The van der Waals surface area contributed by atoms with Crippen LogP contribution in [-0.2, 0) is 17.8 Å². The summed E-state index contributed by atoms with van der Waals surface area (Å²) < 4.78 is 5.08. The first-order chi connectivity index (χ1) is 7.11. The highest BCUT2D eigenvalue weighted by Crippen LogP contribution is 2.06. The Morgan fingerprint density at radius 1 is 1.53 bits per heavy atom. The summed E-state index contributed by atoms with van der Waals surface area (Å²) in [5, 5.41) is 3.85. The molecule has 0 saturated heterocycles. The van der Waals surface area contributed by atoms with Crippen molar-refractivity contribution in [3.05, 3.63) is 11.7 Å². The number of nitrogens with zero attached hydrogens (tertiary/aromatic N) is 3. The van der Waals surface area contributed by atoms with Gasteiger partial charge in [-0.2, -0.15) is 4.98 Å². The zero-order valence-corrected chi connectivity index (χ0v) is 9.43. The molecule has 0 amide bonds. The van der Waals surface area contributed by atoms with Crippen LogP contribution in [0, 0.1) is 5.92 Å². The van der Waals surface area contributed by atoms with Gasteiger partial charge in [0.05, 0.1) is 13.1 Å². The largest absolute Gasteiger partial charge is 0.339 e. The monoisotopic (exact) mass is 211 g/mol. The van der Waals surface area contributed by atoms with E-state index in [1.165, 1.54) is 0 Å². The van der Waals surface area contributed by atoms with Gasteiger partial charge in [-0.05, 0) is 13.0 Å². The Kier molecular flexibility index (Phi) is 4.42. The van der Waals surface area contributed by atoms with Gasteiger partial charge in [0.1, 0.15) is 6.29 Å². The van der Waals surface area contributed by atoms with Gasteiger partial charge >= 0.3 is 0 Å². The zero-order valence-electron chi connectivity index (χ0n) is 9.43. The molecule has 1 aromatic heterocycles. The molecule has 0 spiro atoms. The van der Waals surface area contributed by atoms with Gasteiger partial charge in [0.25, 0.3) is 0 Å². The van der Waals surface area contributed by atoms with Crippen LogP contribution < -0.4 is 0 Å². The molecule has 1 heterocycles. The fourth-order valence-electron chi connectivity index (χ4n) is 1.22. The predicted molar refractivity (Wildman–Crippen MR) is 55.2 cm³/mol. The highest BCUT2D eigenvalue weighted by atomic mass is 16.5. The summed E-state index contributed by atoms with van der Waals surface area (Å²) in [6.45, 7) is 5.12. The van der Waals surface area contributed by atoms with Crippen molar-refractivity contribution in [2.45, 2.75) is 26.8 Å². The molecule has 1 rings (SSSR count). The highest BCUT2D eigenvalue weighted by molar-refractivity contribution is 5.51. The first kappa shape index (κ1) is 11.8. The third-order valence-corrected chi connectivity index (χ3v) is 1.89. The van der Waals surface area contributed by atoms with E-state index in [1.54, 1.807) is 0 Å². The van der Waals surface area contributed by atoms with Crippen molar-refractivity contribution >= 4 is 6.29 Å². The number of carbonyl (C=O) groups is 1. The molecular weight excluding hydrogens is 194 g/mol. The molecule has 0 bridgehead atoms. The number of rotatable bonds is 6. The maximum Gasteiger partial charge on any atom is 0.226 e. The lowest BCUT2D eigenvalue weighted by atomic mass is 10.1. The van der Waals surface area contributed by atoms with Crippen molar-refractivity contribution in [1.29, 1.82) is 0 Å². The summed E-state index contributed by atoms with van der Waals surface area (Å²) in [7, 11) is 1.84. The minimum absolute atomic E-state index is 0.383. The van der Waals surface area contributed by atoms with E-state index in [2.05, 4.69) is 24.0 Å². The van der Waals surface area contributed by atoms with E-state index in [1.807, 2.05) is 11.9 Å². The van der Waals surface area contributed by atoms with Crippen molar-refractivity contribution in [2.75, 3.05) is 13.6 Å². The van der Waals surface area contributed by atoms with Crippen LogP contribution in [0.2, 0.25) is 0 Å². The summed E-state index contributed by atoms with van der Waals surface area (Å²) >= 11 is 0. The number of hydrogen-bond acceptors (Lipinski definition) is 5. The molecule has 0 aliphatic rings. The summed E-state index contributed by atoms with van der Waals surface area (Å²) in [5.74, 6) is 1.81. The molecule has 5 heteroatoms. The first-order valence-corrected chi connectivity index (χ1v) is 5.05. The molecule has 0 aliphatic carbocycles. The quantitative estimate of drug-likeness (QED) is 0.654. The first-order valence-electron chi connectivity index (χ1n) is 5.05. The van der Waals surface area contributed by atoms with Gasteiger partial charge in [-0.1, -0.05) is 19.0 Å². The van der Waals surface area contributed by atoms with Crippen LogP contribution in [0.25, 0.3) is 0 Å². The van der Waals surface area contributed by atoms with E-state index < -0.39 is 0 Å². The average Bonchev–Trinajstić information content (AvgIpc) is 2.51. The smallest absolute Gasteiger partial charge is 0.226 e. The summed E-state index contributed by atoms with van der Waals surface area (Å²) in [4.78, 5) is 16.3. The molecule has 84 valence electrons. The summed E-state index contributed by atoms with van der Waals surface area (Å²) in [6.07, 6.45) is 1.65. The molecule has 15 heavy (non-hydrogen) atoms. The van der Waals surface area contributed by atoms with Crippen molar-refractivity contribution < 1.29 is 9.32 Å². The van der Waals surface area contributed by atoms with E-state index in [4.69, 9.17) is 4.52 Å². The molecule has 5 nitrogen and oxygen atoms in total. The van der Waals surface area contributed by atoms with E-state index in [0.717, 1.165) is 12.7 Å². The average molecular weight is 211 g/mol. The topological polar surface area (TPSA) is 59.2 Å². The third kappa shape index (κ3) is 4.20. The minimum atomic E-state index is 0.383. The Hall–Kier alpha value is -1.23. The molecule has 0 saturated carbocycles. The van der Waals surface area contributed by atoms with Crippen molar-refractivity contribution in [3.8, 4) is 0 Å². The second kappa shape index (κ2) is 5.60. The lowest BCUT2D eigenvalue weighted by molar-refractivity contribution is -0.108. The summed E-state index contributed by atoms with van der Waals surface area (Å²) in [6, 6.07) is 0. The molecule has 1 aromatic rings. The van der Waals surface area contributed by atoms with Crippen molar-refractivity contribution in [3.63, 3.8) is 0 Å². The standard InChI is InChI=1S/C10H17N3O2/c1-8(2)6-10-11-9(12-15-10)7-13(3)4-5-14/h5,8H,4,6-7H2,1-3H3. The molecule has 0 radical (unpaired) electrons. The highest BCUT2D eigenvalue weighted by Gasteiger charge is 2.09. The van der Waals surface area contributed by atoms with Crippen molar-refractivity contribution in [1.82, 2.24) is 15.0 Å². The van der Waals surface area contributed by atoms with Gasteiger partial charge in [-0.3, -0.25) is 4.90 Å². The molecule has 0 atom stereocenters.